The van der Waals surface area contributed by atoms with Gasteiger partial charge in [0.15, 0.2) is 5.69 Å². The Morgan fingerprint density at radius 3 is 2.15 bits per heavy atom. The molecule has 0 saturated carbocycles. The van der Waals surface area contributed by atoms with Gasteiger partial charge in [-0.3, -0.25) is 9.59 Å². The van der Waals surface area contributed by atoms with Gasteiger partial charge in [-0.15, -0.1) is 0 Å². The summed E-state index contributed by atoms with van der Waals surface area (Å²) in [5, 5.41) is 8.30. The number of nitrogens with one attached hydrogen (secondary N) is 1. The normalized spacial score (nSPS) is 11.8. The van der Waals surface area contributed by atoms with Crippen molar-refractivity contribution in [3.05, 3.63) is 70.1 Å². The molecule has 2 aromatic carbocycles. The van der Waals surface area contributed by atoms with Crippen molar-refractivity contribution in [3.63, 3.8) is 0 Å². The summed E-state index contributed by atoms with van der Waals surface area (Å²) in [5.74, 6) is -0.330. The maximum Gasteiger partial charge on any atom is 0.276 e. The lowest BCUT2D eigenvalue weighted by Crippen LogP contribution is -2.28. The van der Waals surface area contributed by atoms with Crippen LogP contribution in [0, 0.1) is 0 Å². The fraction of sp³-hybridized carbons (Fsp3) is 0.318. The summed E-state index contributed by atoms with van der Waals surface area (Å²) in [5.41, 5.74) is 2.00. The second-order valence-corrected chi connectivity index (χ2v) is 8.02. The summed E-state index contributed by atoms with van der Waals surface area (Å²) in [6, 6.07) is 14.7. The lowest BCUT2D eigenvalue weighted by molar-refractivity contribution is 0.102. The Kier molecular flexibility index (Phi) is 4.87. The van der Waals surface area contributed by atoms with Gasteiger partial charge in [0.05, 0.1) is 11.4 Å². The molecule has 0 radical (unpaired) electrons. The van der Waals surface area contributed by atoms with E-state index in [-0.39, 0.29) is 28.6 Å². The number of fused-ring (bicyclic) bond motifs is 1. The van der Waals surface area contributed by atoms with Gasteiger partial charge in [-0.1, -0.05) is 51.1 Å². The highest BCUT2D eigenvalue weighted by Gasteiger charge is 2.18. The maximum atomic E-state index is 12.9. The molecule has 0 atom stereocenters. The molecule has 27 heavy (non-hydrogen) atoms. The number of carbonyl (C=O) groups is 1. The lowest BCUT2D eigenvalue weighted by Gasteiger charge is -2.19. The van der Waals surface area contributed by atoms with E-state index in [4.69, 9.17) is 0 Å². The van der Waals surface area contributed by atoms with E-state index in [1.807, 2.05) is 38.1 Å². The van der Waals surface area contributed by atoms with Crippen LogP contribution in [-0.4, -0.2) is 15.7 Å². The summed E-state index contributed by atoms with van der Waals surface area (Å²) < 4.78 is 1.36. The highest BCUT2D eigenvalue weighted by molar-refractivity contribution is 6.11. The molecule has 5 heteroatoms. The maximum absolute atomic E-state index is 12.9. The van der Waals surface area contributed by atoms with Crippen LogP contribution >= 0.6 is 0 Å². The first-order valence-electron chi connectivity index (χ1n) is 9.12. The van der Waals surface area contributed by atoms with E-state index >= 15 is 0 Å². The van der Waals surface area contributed by atoms with E-state index in [2.05, 4.69) is 31.2 Å². The van der Waals surface area contributed by atoms with Crippen LogP contribution < -0.4 is 10.9 Å². The van der Waals surface area contributed by atoms with Gasteiger partial charge in [-0.05, 0) is 43.0 Å². The number of rotatable bonds is 3. The number of aromatic nitrogens is 2. The molecule has 0 aliphatic rings. The number of nitrogens with zero attached hydrogens (tertiary/aromatic N) is 2. The molecular formula is C22H25N3O2. The van der Waals surface area contributed by atoms with Crippen LogP contribution in [0.5, 0.6) is 0 Å². The van der Waals surface area contributed by atoms with Crippen molar-refractivity contribution in [3.8, 4) is 0 Å². The van der Waals surface area contributed by atoms with Gasteiger partial charge in [-0.2, -0.15) is 5.10 Å². The molecule has 140 valence electrons. The zero-order chi connectivity index (χ0) is 19.8. The number of hydrogen-bond acceptors (Lipinski definition) is 3. The average molecular weight is 363 g/mol. The molecule has 1 amide bonds. The van der Waals surface area contributed by atoms with Crippen molar-refractivity contribution < 1.29 is 4.79 Å². The molecule has 1 aromatic heterocycles. The highest BCUT2D eigenvalue weighted by atomic mass is 16.2. The largest absolute Gasteiger partial charge is 0.321 e. The lowest BCUT2D eigenvalue weighted by atomic mass is 9.87. The first-order chi connectivity index (χ1) is 12.7. The summed E-state index contributed by atoms with van der Waals surface area (Å²) in [4.78, 5) is 25.5. The molecule has 1 N–H and O–H groups in total. The monoisotopic (exact) mass is 363 g/mol. The van der Waals surface area contributed by atoms with Crippen molar-refractivity contribution in [2.45, 2.75) is 46.1 Å². The predicted molar refractivity (Wildman–Crippen MR) is 109 cm³/mol. The number of hydrogen-bond donors (Lipinski definition) is 1. The molecule has 3 rings (SSSR count). The Bertz CT molecular complexity index is 1040. The predicted octanol–water partition coefficient (Wildman–Crippen LogP) is 4.53. The van der Waals surface area contributed by atoms with Crippen molar-refractivity contribution in [1.82, 2.24) is 9.78 Å². The van der Waals surface area contributed by atoms with Gasteiger partial charge in [0.25, 0.3) is 11.5 Å². The van der Waals surface area contributed by atoms with Crippen LogP contribution in [-0.2, 0) is 5.41 Å². The first-order valence-corrected chi connectivity index (χ1v) is 9.12. The average Bonchev–Trinajstić information content (AvgIpc) is 2.61. The van der Waals surface area contributed by atoms with Crippen LogP contribution in [0.1, 0.15) is 56.7 Å². The van der Waals surface area contributed by atoms with Gasteiger partial charge in [0.2, 0.25) is 0 Å². The SMILES string of the molecule is CC(C)n1nc(C(=O)Nc2ccc(C(C)(C)C)cc2)c2ccccc2c1=O. The van der Waals surface area contributed by atoms with Gasteiger partial charge >= 0.3 is 0 Å². The van der Waals surface area contributed by atoms with Crippen LogP contribution in [0.15, 0.2) is 53.3 Å². The summed E-state index contributed by atoms with van der Waals surface area (Å²) in [6.45, 7) is 10.2. The Labute approximate surface area is 159 Å². The standard InChI is InChI=1S/C22H25N3O2/c1-14(2)25-21(27)18-9-7-6-8-17(18)19(24-25)20(26)23-16-12-10-15(11-13-16)22(3,4)5/h6-14H,1-5H3,(H,23,26). The molecule has 0 aliphatic heterocycles. The third-order valence-corrected chi connectivity index (χ3v) is 4.54. The molecule has 0 bridgehead atoms. The van der Waals surface area contributed by atoms with Gasteiger partial charge in [0.1, 0.15) is 0 Å². The zero-order valence-electron chi connectivity index (χ0n) is 16.4. The van der Waals surface area contributed by atoms with E-state index in [1.165, 1.54) is 10.2 Å². The number of anilines is 1. The van der Waals surface area contributed by atoms with Gasteiger partial charge in [-0.25, -0.2) is 4.68 Å². The van der Waals surface area contributed by atoms with E-state index in [0.29, 0.717) is 16.5 Å². The molecule has 5 nitrogen and oxygen atoms in total. The first kappa shape index (κ1) is 18.8. The van der Waals surface area contributed by atoms with Crippen molar-refractivity contribution >= 4 is 22.4 Å². The van der Waals surface area contributed by atoms with Crippen molar-refractivity contribution in [2.75, 3.05) is 5.32 Å². The summed E-state index contributed by atoms with van der Waals surface area (Å²) in [6.07, 6.45) is 0. The molecule has 0 unspecified atom stereocenters. The molecular weight excluding hydrogens is 338 g/mol. The Morgan fingerprint density at radius 2 is 1.59 bits per heavy atom. The van der Waals surface area contributed by atoms with Crippen LogP contribution in [0.3, 0.4) is 0 Å². The van der Waals surface area contributed by atoms with E-state index in [1.54, 1.807) is 24.3 Å². The van der Waals surface area contributed by atoms with Gasteiger partial charge in [0, 0.05) is 11.1 Å². The van der Waals surface area contributed by atoms with Crippen LogP contribution in [0.4, 0.5) is 5.69 Å². The fourth-order valence-corrected chi connectivity index (χ4v) is 2.97. The molecule has 3 aromatic rings. The quantitative estimate of drug-likeness (QED) is 0.744. The van der Waals surface area contributed by atoms with E-state index in [9.17, 15) is 9.59 Å². The van der Waals surface area contributed by atoms with Crippen LogP contribution in [0.25, 0.3) is 10.8 Å². The number of benzene rings is 2. The third kappa shape index (κ3) is 3.77. The minimum Gasteiger partial charge on any atom is -0.321 e. The summed E-state index contributed by atoms with van der Waals surface area (Å²) in [7, 11) is 0. The van der Waals surface area contributed by atoms with Gasteiger partial charge < -0.3 is 5.32 Å². The second-order valence-electron chi connectivity index (χ2n) is 8.02. The smallest absolute Gasteiger partial charge is 0.276 e. The Balaban J connectivity index is 2.01. The molecule has 0 aliphatic carbocycles. The van der Waals surface area contributed by atoms with E-state index in [0.717, 1.165) is 0 Å². The topological polar surface area (TPSA) is 64.0 Å². The summed E-state index contributed by atoms with van der Waals surface area (Å²) >= 11 is 0. The molecule has 0 spiro atoms. The highest BCUT2D eigenvalue weighted by Crippen LogP contribution is 2.24. The van der Waals surface area contributed by atoms with Crippen molar-refractivity contribution in [1.29, 1.82) is 0 Å². The number of amides is 1. The van der Waals surface area contributed by atoms with Crippen LogP contribution in [0.2, 0.25) is 0 Å². The fourth-order valence-electron chi connectivity index (χ4n) is 2.97. The minimum absolute atomic E-state index is 0.0487. The zero-order valence-corrected chi connectivity index (χ0v) is 16.4. The van der Waals surface area contributed by atoms with E-state index < -0.39 is 0 Å². The number of carbonyl (C=O) groups excluding carboxylic acids is 1. The second kappa shape index (κ2) is 6.99. The van der Waals surface area contributed by atoms with Crippen molar-refractivity contribution in [2.24, 2.45) is 0 Å². The minimum atomic E-state index is -0.330. The Morgan fingerprint density at radius 1 is 1.00 bits per heavy atom. The third-order valence-electron chi connectivity index (χ3n) is 4.54. The molecule has 0 fully saturated rings. The molecule has 1 heterocycles. The molecule has 0 saturated heterocycles. The Hall–Kier alpha value is -2.95.